The van der Waals surface area contributed by atoms with E-state index in [4.69, 9.17) is 5.26 Å². The Balaban J connectivity index is 2.10. The summed E-state index contributed by atoms with van der Waals surface area (Å²) in [6.45, 7) is 2.21. The van der Waals surface area contributed by atoms with Gasteiger partial charge in [-0.25, -0.2) is 0 Å². The SMILES string of the molecule is CCCCc1ccc(/C=C/c2ccccc2C#N)cc1. The Morgan fingerprint density at radius 1 is 1.00 bits per heavy atom. The molecule has 0 aliphatic heterocycles. The minimum atomic E-state index is 0.711. The highest BCUT2D eigenvalue weighted by Gasteiger charge is 1.96. The third-order valence-corrected chi connectivity index (χ3v) is 3.34. The summed E-state index contributed by atoms with van der Waals surface area (Å²) in [4.78, 5) is 0. The van der Waals surface area contributed by atoms with Crippen molar-refractivity contribution >= 4 is 12.2 Å². The molecule has 0 aromatic heterocycles. The van der Waals surface area contributed by atoms with E-state index >= 15 is 0 Å². The van der Waals surface area contributed by atoms with Gasteiger partial charge in [0.15, 0.2) is 0 Å². The average molecular weight is 261 g/mol. The average Bonchev–Trinajstić information content (AvgIpc) is 2.52. The topological polar surface area (TPSA) is 23.8 Å². The number of hydrogen-bond acceptors (Lipinski definition) is 1. The number of aryl methyl sites for hydroxylation is 1. The molecule has 0 fully saturated rings. The van der Waals surface area contributed by atoms with E-state index in [0.717, 1.165) is 17.5 Å². The second-order valence-electron chi connectivity index (χ2n) is 4.88. The lowest BCUT2D eigenvalue weighted by Crippen LogP contribution is -1.84. The molecule has 1 nitrogen and oxygen atoms in total. The van der Waals surface area contributed by atoms with Gasteiger partial charge in [-0.05, 0) is 35.6 Å². The van der Waals surface area contributed by atoms with Crippen LogP contribution < -0.4 is 0 Å². The molecule has 0 atom stereocenters. The molecule has 0 spiro atoms. The minimum Gasteiger partial charge on any atom is -0.192 e. The highest BCUT2D eigenvalue weighted by molar-refractivity contribution is 5.72. The molecule has 0 saturated heterocycles. The first-order valence-corrected chi connectivity index (χ1v) is 7.09. The Hall–Kier alpha value is -2.33. The van der Waals surface area contributed by atoms with E-state index in [0.29, 0.717) is 5.56 Å². The normalized spacial score (nSPS) is 10.6. The van der Waals surface area contributed by atoms with Crippen LogP contribution in [0.25, 0.3) is 12.2 Å². The van der Waals surface area contributed by atoms with Gasteiger partial charge in [0.1, 0.15) is 0 Å². The Kier molecular flexibility index (Phi) is 5.15. The highest BCUT2D eigenvalue weighted by Crippen LogP contribution is 2.14. The summed E-state index contributed by atoms with van der Waals surface area (Å²) in [6.07, 6.45) is 7.68. The minimum absolute atomic E-state index is 0.711. The molecule has 0 unspecified atom stereocenters. The van der Waals surface area contributed by atoms with Gasteiger partial charge in [-0.1, -0.05) is 68.0 Å². The molecule has 2 aromatic carbocycles. The van der Waals surface area contributed by atoms with Gasteiger partial charge >= 0.3 is 0 Å². The van der Waals surface area contributed by atoms with E-state index in [9.17, 15) is 0 Å². The summed E-state index contributed by atoms with van der Waals surface area (Å²) in [7, 11) is 0. The van der Waals surface area contributed by atoms with Crippen molar-refractivity contribution in [1.82, 2.24) is 0 Å². The summed E-state index contributed by atoms with van der Waals surface area (Å²) < 4.78 is 0. The molecule has 0 heterocycles. The molecule has 20 heavy (non-hydrogen) atoms. The van der Waals surface area contributed by atoms with Crippen molar-refractivity contribution in [1.29, 1.82) is 5.26 Å². The largest absolute Gasteiger partial charge is 0.192 e. The summed E-state index contributed by atoms with van der Waals surface area (Å²) in [5.74, 6) is 0. The maximum absolute atomic E-state index is 9.05. The zero-order valence-corrected chi connectivity index (χ0v) is 11.8. The van der Waals surface area contributed by atoms with Gasteiger partial charge in [0.2, 0.25) is 0 Å². The van der Waals surface area contributed by atoms with Crippen LogP contribution in [0.5, 0.6) is 0 Å². The van der Waals surface area contributed by atoms with Crippen molar-refractivity contribution in [3.8, 4) is 6.07 Å². The fourth-order valence-electron chi connectivity index (χ4n) is 2.11. The molecule has 0 aliphatic rings. The molecule has 1 heteroatoms. The van der Waals surface area contributed by atoms with Gasteiger partial charge in [0.05, 0.1) is 11.6 Å². The summed E-state index contributed by atoms with van der Waals surface area (Å²) in [5, 5.41) is 9.05. The lowest BCUT2D eigenvalue weighted by molar-refractivity contribution is 0.795. The Labute approximate surface area is 121 Å². The van der Waals surface area contributed by atoms with Crippen LogP contribution in [0.2, 0.25) is 0 Å². The third kappa shape index (κ3) is 3.83. The molecule has 0 bridgehead atoms. The first kappa shape index (κ1) is 14.1. The molecule has 0 saturated carbocycles. The maximum Gasteiger partial charge on any atom is 0.0997 e. The molecule has 100 valence electrons. The lowest BCUT2D eigenvalue weighted by atomic mass is 10.0. The van der Waals surface area contributed by atoms with E-state index in [1.54, 1.807) is 0 Å². The number of nitrogens with zero attached hydrogens (tertiary/aromatic N) is 1. The Bertz CT molecular complexity index is 615. The zero-order valence-electron chi connectivity index (χ0n) is 11.8. The van der Waals surface area contributed by atoms with Crippen LogP contribution in [0.1, 0.15) is 42.0 Å². The first-order chi connectivity index (χ1) is 9.83. The molecule has 2 rings (SSSR count). The molecule has 2 aromatic rings. The maximum atomic E-state index is 9.05. The number of benzene rings is 2. The third-order valence-electron chi connectivity index (χ3n) is 3.34. The standard InChI is InChI=1S/C19H19N/c1-2-3-6-16-9-11-17(12-10-16)13-14-18-7-4-5-8-19(18)15-20/h4-5,7-14H,2-3,6H2,1H3/b14-13+. The summed E-state index contributed by atoms with van der Waals surface area (Å²) in [6, 6.07) is 18.5. The van der Waals surface area contributed by atoms with E-state index in [1.807, 2.05) is 30.3 Å². The fraction of sp³-hybridized carbons (Fsp3) is 0.211. The van der Waals surface area contributed by atoms with Crippen molar-refractivity contribution in [2.75, 3.05) is 0 Å². The molecule has 0 N–H and O–H groups in total. The van der Waals surface area contributed by atoms with Crippen LogP contribution in [0.15, 0.2) is 48.5 Å². The Morgan fingerprint density at radius 2 is 1.75 bits per heavy atom. The van der Waals surface area contributed by atoms with Crippen LogP contribution in [-0.4, -0.2) is 0 Å². The van der Waals surface area contributed by atoms with Crippen molar-refractivity contribution in [3.05, 3.63) is 70.8 Å². The smallest absolute Gasteiger partial charge is 0.0997 e. The van der Waals surface area contributed by atoms with Crippen molar-refractivity contribution in [2.45, 2.75) is 26.2 Å². The molecule has 0 amide bonds. The van der Waals surface area contributed by atoms with E-state index in [-0.39, 0.29) is 0 Å². The fourth-order valence-corrected chi connectivity index (χ4v) is 2.11. The lowest BCUT2D eigenvalue weighted by Gasteiger charge is -2.01. The van der Waals surface area contributed by atoms with Gasteiger partial charge < -0.3 is 0 Å². The molecule has 0 aliphatic carbocycles. The quantitative estimate of drug-likeness (QED) is 0.689. The molecule has 0 radical (unpaired) electrons. The number of rotatable bonds is 5. The number of hydrogen-bond donors (Lipinski definition) is 0. The van der Waals surface area contributed by atoms with Gasteiger partial charge in [-0.2, -0.15) is 5.26 Å². The second-order valence-corrected chi connectivity index (χ2v) is 4.88. The molecular weight excluding hydrogens is 242 g/mol. The highest BCUT2D eigenvalue weighted by atomic mass is 14.2. The van der Waals surface area contributed by atoms with Gasteiger partial charge in [0, 0.05) is 0 Å². The Morgan fingerprint density at radius 3 is 2.45 bits per heavy atom. The predicted molar refractivity (Wildman–Crippen MR) is 85.1 cm³/mol. The predicted octanol–water partition coefficient (Wildman–Crippen LogP) is 5.07. The number of unbranched alkanes of at least 4 members (excludes halogenated alkanes) is 1. The van der Waals surface area contributed by atoms with Gasteiger partial charge in [-0.15, -0.1) is 0 Å². The van der Waals surface area contributed by atoms with E-state index in [1.165, 1.54) is 18.4 Å². The van der Waals surface area contributed by atoms with Crippen LogP contribution in [0, 0.1) is 11.3 Å². The van der Waals surface area contributed by atoms with Crippen LogP contribution in [-0.2, 0) is 6.42 Å². The number of nitriles is 1. The van der Waals surface area contributed by atoms with Gasteiger partial charge in [0.25, 0.3) is 0 Å². The van der Waals surface area contributed by atoms with Crippen molar-refractivity contribution < 1.29 is 0 Å². The van der Waals surface area contributed by atoms with Gasteiger partial charge in [-0.3, -0.25) is 0 Å². The zero-order chi connectivity index (χ0) is 14.2. The molecular formula is C19H19N. The van der Waals surface area contributed by atoms with Crippen molar-refractivity contribution in [3.63, 3.8) is 0 Å². The second kappa shape index (κ2) is 7.31. The van der Waals surface area contributed by atoms with Crippen LogP contribution in [0.4, 0.5) is 0 Å². The first-order valence-electron chi connectivity index (χ1n) is 7.09. The van der Waals surface area contributed by atoms with Crippen molar-refractivity contribution in [2.24, 2.45) is 0 Å². The van der Waals surface area contributed by atoms with E-state index < -0.39 is 0 Å². The van der Waals surface area contributed by atoms with E-state index in [2.05, 4.69) is 43.3 Å². The monoisotopic (exact) mass is 261 g/mol. The summed E-state index contributed by atoms with van der Waals surface area (Å²) >= 11 is 0. The summed E-state index contributed by atoms with van der Waals surface area (Å²) in [5.41, 5.74) is 4.23. The van der Waals surface area contributed by atoms with Crippen LogP contribution >= 0.6 is 0 Å². The van der Waals surface area contributed by atoms with Crippen LogP contribution in [0.3, 0.4) is 0 Å².